The maximum absolute atomic E-state index is 11.1. The molecule has 5 N–H and O–H groups in total. The molecule has 0 radical (unpaired) electrons. The molecule has 0 saturated heterocycles. The van der Waals surface area contributed by atoms with Crippen molar-refractivity contribution in [1.82, 2.24) is 0 Å². The molecule has 1 heterocycles. The topological polar surface area (TPSA) is 105 Å². The van der Waals surface area contributed by atoms with Gasteiger partial charge in [0.2, 0.25) is 0 Å². The van der Waals surface area contributed by atoms with E-state index in [1.54, 1.807) is 0 Å². The van der Waals surface area contributed by atoms with Gasteiger partial charge in [-0.15, -0.1) is 0 Å². The van der Waals surface area contributed by atoms with Crippen LogP contribution in [0.15, 0.2) is 12.1 Å². The fourth-order valence-corrected chi connectivity index (χ4v) is 1.57. The molecule has 0 saturated carbocycles. The van der Waals surface area contributed by atoms with Crippen LogP contribution in [0.5, 0.6) is 11.5 Å². The molecule has 1 amide bonds. The van der Waals surface area contributed by atoms with Gasteiger partial charge < -0.3 is 26.0 Å². The van der Waals surface area contributed by atoms with Crippen LogP contribution in [-0.4, -0.2) is 29.3 Å². The van der Waals surface area contributed by atoms with Crippen molar-refractivity contribution in [3.05, 3.63) is 17.7 Å². The van der Waals surface area contributed by atoms with Gasteiger partial charge in [0.15, 0.2) is 12.4 Å². The Hall–Kier alpha value is -1.79. The van der Waals surface area contributed by atoms with E-state index >= 15 is 0 Å². The Kier molecular flexibility index (Phi) is 2.67. The summed E-state index contributed by atoms with van der Waals surface area (Å²) in [7, 11) is 0. The maximum atomic E-state index is 11.1. The summed E-state index contributed by atoms with van der Waals surface area (Å²) in [4.78, 5) is 11.1. The van der Waals surface area contributed by atoms with Crippen LogP contribution in [0.4, 0.5) is 5.69 Å². The van der Waals surface area contributed by atoms with Crippen LogP contribution < -0.4 is 15.8 Å². The molecule has 0 aliphatic carbocycles. The third-order valence-electron chi connectivity index (χ3n) is 2.36. The number of amides is 1. The van der Waals surface area contributed by atoms with E-state index in [4.69, 9.17) is 10.5 Å². The van der Waals surface area contributed by atoms with E-state index in [2.05, 4.69) is 5.32 Å². The van der Waals surface area contributed by atoms with Crippen LogP contribution in [0, 0.1) is 0 Å². The van der Waals surface area contributed by atoms with E-state index in [1.165, 1.54) is 12.1 Å². The number of ether oxygens (including phenoxy) is 1. The number of hydrogen-bond donors (Lipinski definition) is 4. The van der Waals surface area contributed by atoms with Crippen LogP contribution >= 0.6 is 0 Å². The van der Waals surface area contributed by atoms with Crippen LogP contribution in [-0.2, 0) is 4.79 Å². The van der Waals surface area contributed by atoms with Gasteiger partial charge in [-0.1, -0.05) is 0 Å². The molecule has 0 bridgehead atoms. The van der Waals surface area contributed by atoms with E-state index in [0.29, 0.717) is 5.56 Å². The monoisotopic (exact) mass is 224 g/mol. The maximum Gasteiger partial charge on any atom is 0.262 e. The molecule has 86 valence electrons. The Morgan fingerprint density at radius 1 is 1.56 bits per heavy atom. The third-order valence-corrected chi connectivity index (χ3v) is 2.36. The third kappa shape index (κ3) is 1.68. The number of aliphatic hydroxyl groups excluding tert-OH is 1. The minimum Gasteiger partial charge on any atom is -0.506 e. The highest BCUT2D eigenvalue weighted by molar-refractivity contribution is 5.97. The molecular formula is C10H12N2O4. The molecule has 2 rings (SSSR count). The molecule has 1 aromatic carbocycles. The molecule has 6 nitrogen and oxygen atoms in total. The van der Waals surface area contributed by atoms with Crippen molar-refractivity contribution >= 4 is 11.6 Å². The van der Waals surface area contributed by atoms with E-state index in [9.17, 15) is 15.0 Å². The highest BCUT2D eigenvalue weighted by atomic mass is 16.5. The lowest BCUT2D eigenvalue weighted by atomic mass is 10.1. The van der Waals surface area contributed by atoms with Gasteiger partial charge in [-0.3, -0.25) is 4.79 Å². The molecule has 6 heteroatoms. The zero-order chi connectivity index (χ0) is 11.7. The number of carbonyl (C=O) groups is 1. The first-order valence-electron chi connectivity index (χ1n) is 4.80. The lowest BCUT2D eigenvalue weighted by Gasteiger charge is -2.23. The van der Waals surface area contributed by atoms with E-state index < -0.39 is 6.10 Å². The summed E-state index contributed by atoms with van der Waals surface area (Å²) in [6, 6.07) is 2.89. The second-order valence-corrected chi connectivity index (χ2v) is 3.47. The zero-order valence-corrected chi connectivity index (χ0v) is 8.43. The first-order valence-corrected chi connectivity index (χ1v) is 4.80. The number of anilines is 1. The molecule has 1 unspecified atom stereocenters. The second kappa shape index (κ2) is 3.99. The summed E-state index contributed by atoms with van der Waals surface area (Å²) in [5, 5.41) is 21.7. The van der Waals surface area contributed by atoms with Crippen LogP contribution in [0.25, 0.3) is 0 Å². The number of benzene rings is 1. The number of phenolic OH excluding ortho intramolecular Hbond substituents is 1. The van der Waals surface area contributed by atoms with Crippen molar-refractivity contribution in [2.24, 2.45) is 5.73 Å². The van der Waals surface area contributed by atoms with Crippen LogP contribution in [0.1, 0.15) is 11.7 Å². The quantitative estimate of drug-likeness (QED) is 0.517. The molecule has 0 fully saturated rings. The van der Waals surface area contributed by atoms with Crippen molar-refractivity contribution in [2.45, 2.75) is 6.10 Å². The fraction of sp³-hybridized carbons (Fsp3) is 0.300. The summed E-state index contributed by atoms with van der Waals surface area (Å²) in [6.45, 7) is -0.102. The van der Waals surface area contributed by atoms with Gasteiger partial charge >= 0.3 is 0 Å². The van der Waals surface area contributed by atoms with Gasteiger partial charge in [0.25, 0.3) is 5.91 Å². The van der Waals surface area contributed by atoms with Gasteiger partial charge in [-0.25, -0.2) is 0 Å². The number of nitrogens with two attached hydrogens (primary N) is 1. The minimum atomic E-state index is -0.885. The van der Waals surface area contributed by atoms with Crippen molar-refractivity contribution in [1.29, 1.82) is 0 Å². The van der Waals surface area contributed by atoms with Crippen LogP contribution in [0.3, 0.4) is 0 Å². The van der Waals surface area contributed by atoms with Gasteiger partial charge in [-0.2, -0.15) is 0 Å². The molecule has 1 atom stereocenters. The number of rotatable bonds is 2. The lowest BCUT2D eigenvalue weighted by Crippen LogP contribution is -2.27. The number of hydrogen-bond acceptors (Lipinski definition) is 5. The number of carbonyl (C=O) groups excluding carboxylic acids is 1. The Morgan fingerprint density at radius 2 is 2.31 bits per heavy atom. The van der Waals surface area contributed by atoms with Gasteiger partial charge in [0, 0.05) is 12.1 Å². The highest BCUT2D eigenvalue weighted by Crippen LogP contribution is 2.41. The van der Waals surface area contributed by atoms with E-state index in [1.807, 2.05) is 0 Å². The molecule has 0 aromatic heterocycles. The van der Waals surface area contributed by atoms with E-state index in [-0.39, 0.29) is 36.2 Å². The Balaban J connectivity index is 2.50. The van der Waals surface area contributed by atoms with Crippen molar-refractivity contribution in [3.8, 4) is 11.5 Å². The highest BCUT2D eigenvalue weighted by Gasteiger charge is 2.24. The normalized spacial score (nSPS) is 16.0. The van der Waals surface area contributed by atoms with E-state index in [0.717, 1.165) is 0 Å². The Bertz CT molecular complexity index is 433. The van der Waals surface area contributed by atoms with Crippen molar-refractivity contribution in [2.75, 3.05) is 18.5 Å². The van der Waals surface area contributed by atoms with Crippen LogP contribution in [0.2, 0.25) is 0 Å². The summed E-state index contributed by atoms with van der Waals surface area (Å²) < 4.78 is 5.18. The predicted octanol–water partition coefficient (Wildman–Crippen LogP) is -0.285. The molecular weight excluding hydrogens is 212 g/mol. The first-order chi connectivity index (χ1) is 7.63. The lowest BCUT2D eigenvalue weighted by molar-refractivity contribution is -0.118. The zero-order valence-electron chi connectivity index (χ0n) is 8.43. The predicted molar refractivity (Wildman–Crippen MR) is 56.2 cm³/mol. The number of aromatic hydroxyl groups is 1. The smallest absolute Gasteiger partial charge is 0.262 e. The van der Waals surface area contributed by atoms with Crippen molar-refractivity contribution < 1.29 is 19.7 Å². The Labute approximate surface area is 91.6 Å². The van der Waals surface area contributed by atoms with Crippen molar-refractivity contribution in [3.63, 3.8) is 0 Å². The summed E-state index contributed by atoms with van der Waals surface area (Å²) in [5.74, 6) is -0.171. The number of phenols is 1. The first kappa shape index (κ1) is 10.7. The average Bonchev–Trinajstić information content (AvgIpc) is 2.29. The number of nitrogens with one attached hydrogen (secondary N) is 1. The molecule has 0 spiro atoms. The molecule has 1 aliphatic heterocycles. The summed E-state index contributed by atoms with van der Waals surface area (Å²) in [5.41, 5.74) is 5.98. The largest absolute Gasteiger partial charge is 0.506 e. The summed E-state index contributed by atoms with van der Waals surface area (Å²) >= 11 is 0. The second-order valence-electron chi connectivity index (χ2n) is 3.47. The van der Waals surface area contributed by atoms with Gasteiger partial charge in [0.05, 0.1) is 6.10 Å². The average molecular weight is 224 g/mol. The SMILES string of the molecule is NCC(O)c1ccc(O)c2c1OCC(=O)N2. The standard InChI is InChI=1S/C10H12N2O4/c11-3-7(14)5-1-2-6(13)9-10(5)16-4-8(15)12-9/h1-2,7,13-14H,3-4,11H2,(H,12,15). The molecule has 1 aromatic rings. The summed E-state index contributed by atoms with van der Waals surface area (Å²) in [6.07, 6.45) is -0.885. The minimum absolute atomic E-state index is 0.0362. The number of fused-ring (bicyclic) bond motifs is 1. The Morgan fingerprint density at radius 3 is 3.00 bits per heavy atom. The molecule has 16 heavy (non-hydrogen) atoms. The van der Waals surface area contributed by atoms with Gasteiger partial charge in [0.1, 0.15) is 11.4 Å². The van der Waals surface area contributed by atoms with Gasteiger partial charge in [-0.05, 0) is 12.1 Å². The fourth-order valence-electron chi connectivity index (χ4n) is 1.57. The number of aliphatic hydroxyl groups is 1. The molecule has 1 aliphatic rings.